The summed E-state index contributed by atoms with van der Waals surface area (Å²) in [5.41, 5.74) is 7.50. The zero-order chi connectivity index (χ0) is 12.3. The Kier molecular flexibility index (Phi) is 3.79. The Morgan fingerprint density at radius 3 is 2.65 bits per heavy atom. The average Bonchev–Trinajstić information content (AvgIpc) is 2.34. The van der Waals surface area contributed by atoms with Gasteiger partial charge in [0.2, 0.25) is 0 Å². The summed E-state index contributed by atoms with van der Waals surface area (Å²) in [6.07, 6.45) is 7.01. The van der Waals surface area contributed by atoms with Gasteiger partial charge in [-0.3, -0.25) is 4.98 Å². The van der Waals surface area contributed by atoms with Crippen molar-refractivity contribution >= 4 is 0 Å². The van der Waals surface area contributed by atoms with Gasteiger partial charge in [-0.25, -0.2) is 0 Å². The molecule has 0 atom stereocenters. The fourth-order valence-electron chi connectivity index (χ4n) is 2.46. The second-order valence-corrected chi connectivity index (χ2v) is 5.25. The molecule has 1 fully saturated rings. The van der Waals surface area contributed by atoms with Crippen molar-refractivity contribution in [3.8, 4) is 0 Å². The number of nitrogens with two attached hydrogens (primary N) is 1. The van der Waals surface area contributed by atoms with E-state index >= 15 is 0 Å². The predicted octanol–water partition coefficient (Wildman–Crippen LogP) is 1.82. The number of aromatic nitrogens is 1. The van der Waals surface area contributed by atoms with Crippen LogP contribution in [0.3, 0.4) is 0 Å². The van der Waals surface area contributed by atoms with Crippen LogP contribution in [0.25, 0.3) is 0 Å². The number of aliphatic hydroxyl groups is 1. The predicted molar refractivity (Wildman–Crippen MR) is 68.7 cm³/mol. The van der Waals surface area contributed by atoms with E-state index in [9.17, 15) is 5.11 Å². The highest BCUT2D eigenvalue weighted by Gasteiger charge is 2.32. The molecule has 0 saturated heterocycles. The molecular formula is C14H22N2O. The molecule has 1 heterocycles. The minimum atomic E-state index is -0.587. The van der Waals surface area contributed by atoms with Gasteiger partial charge in [0.15, 0.2) is 0 Å². The van der Waals surface area contributed by atoms with E-state index in [0.717, 1.165) is 37.8 Å². The molecule has 2 rings (SSSR count). The SMILES string of the molecule is CCc1ccc(CC2(O)CCC(N)CC2)nc1. The van der Waals surface area contributed by atoms with Crippen molar-refractivity contribution in [2.24, 2.45) is 5.73 Å². The van der Waals surface area contributed by atoms with Crippen LogP contribution in [-0.2, 0) is 12.8 Å². The minimum absolute atomic E-state index is 0.269. The molecule has 0 amide bonds. The standard InChI is InChI=1S/C14H22N2O/c1-2-11-3-4-13(16-10-11)9-14(17)7-5-12(15)6-8-14/h3-4,10,12,17H,2,5-9,15H2,1H3. The third kappa shape index (κ3) is 3.27. The molecule has 94 valence electrons. The van der Waals surface area contributed by atoms with Crippen molar-refractivity contribution in [2.75, 3.05) is 0 Å². The summed E-state index contributed by atoms with van der Waals surface area (Å²) < 4.78 is 0. The van der Waals surface area contributed by atoms with Crippen LogP contribution in [0.4, 0.5) is 0 Å². The number of nitrogens with zero attached hydrogens (tertiary/aromatic N) is 1. The maximum absolute atomic E-state index is 10.5. The normalized spacial score (nSPS) is 29.2. The molecule has 17 heavy (non-hydrogen) atoms. The maximum atomic E-state index is 10.5. The van der Waals surface area contributed by atoms with E-state index in [2.05, 4.69) is 18.0 Å². The van der Waals surface area contributed by atoms with Gasteiger partial charge in [0.1, 0.15) is 0 Å². The lowest BCUT2D eigenvalue weighted by Crippen LogP contribution is -2.40. The molecule has 0 unspecified atom stereocenters. The molecular weight excluding hydrogens is 212 g/mol. The van der Waals surface area contributed by atoms with Crippen molar-refractivity contribution in [1.29, 1.82) is 0 Å². The van der Waals surface area contributed by atoms with Gasteiger partial charge < -0.3 is 10.8 Å². The molecule has 0 radical (unpaired) electrons. The Bertz CT molecular complexity index is 353. The second kappa shape index (κ2) is 5.15. The lowest BCUT2D eigenvalue weighted by molar-refractivity contribution is -0.000588. The highest BCUT2D eigenvalue weighted by Crippen LogP contribution is 2.30. The van der Waals surface area contributed by atoms with Gasteiger partial charge in [0, 0.05) is 24.4 Å². The van der Waals surface area contributed by atoms with Crippen LogP contribution < -0.4 is 5.73 Å². The Morgan fingerprint density at radius 1 is 1.41 bits per heavy atom. The number of aryl methyl sites for hydroxylation is 1. The van der Waals surface area contributed by atoms with Gasteiger partial charge in [-0.15, -0.1) is 0 Å². The first kappa shape index (κ1) is 12.5. The van der Waals surface area contributed by atoms with Crippen LogP contribution in [0, 0.1) is 0 Å². The summed E-state index contributed by atoms with van der Waals surface area (Å²) >= 11 is 0. The van der Waals surface area contributed by atoms with Crippen LogP contribution in [-0.4, -0.2) is 21.7 Å². The fourth-order valence-corrected chi connectivity index (χ4v) is 2.46. The van der Waals surface area contributed by atoms with Gasteiger partial charge >= 0.3 is 0 Å². The average molecular weight is 234 g/mol. The van der Waals surface area contributed by atoms with Crippen molar-refractivity contribution in [1.82, 2.24) is 4.98 Å². The van der Waals surface area contributed by atoms with Gasteiger partial charge in [-0.1, -0.05) is 13.0 Å². The van der Waals surface area contributed by atoms with E-state index < -0.39 is 5.60 Å². The first-order valence-electron chi connectivity index (χ1n) is 6.53. The minimum Gasteiger partial charge on any atom is -0.389 e. The van der Waals surface area contributed by atoms with Crippen LogP contribution >= 0.6 is 0 Å². The Morgan fingerprint density at radius 2 is 2.12 bits per heavy atom. The quantitative estimate of drug-likeness (QED) is 0.838. The fraction of sp³-hybridized carbons (Fsp3) is 0.643. The summed E-state index contributed by atoms with van der Waals surface area (Å²) in [7, 11) is 0. The van der Waals surface area contributed by atoms with Gasteiger partial charge in [0.05, 0.1) is 5.60 Å². The van der Waals surface area contributed by atoms with Crippen molar-refractivity contribution in [2.45, 2.75) is 57.1 Å². The summed E-state index contributed by atoms with van der Waals surface area (Å²) in [5, 5.41) is 10.5. The number of rotatable bonds is 3. The van der Waals surface area contributed by atoms with E-state index in [0.29, 0.717) is 6.42 Å². The van der Waals surface area contributed by atoms with Crippen molar-refractivity contribution in [3.63, 3.8) is 0 Å². The molecule has 1 aromatic rings. The van der Waals surface area contributed by atoms with E-state index in [-0.39, 0.29) is 6.04 Å². The zero-order valence-corrected chi connectivity index (χ0v) is 10.5. The first-order chi connectivity index (χ1) is 8.11. The summed E-state index contributed by atoms with van der Waals surface area (Å²) in [5.74, 6) is 0. The molecule has 3 heteroatoms. The monoisotopic (exact) mass is 234 g/mol. The number of pyridine rings is 1. The van der Waals surface area contributed by atoms with Crippen LogP contribution in [0.1, 0.15) is 43.9 Å². The van der Waals surface area contributed by atoms with Crippen LogP contribution in [0.2, 0.25) is 0 Å². The largest absolute Gasteiger partial charge is 0.389 e. The Balaban J connectivity index is 1.99. The molecule has 1 saturated carbocycles. The summed E-state index contributed by atoms with van der Waals surface area (Å²) in [4.78, 5) is 4.42. The Hall–Kier alpha value is -0.930. The topological polar surface area (TPSA) is 59.1 Å². The Labute approximate surface area is 103 Å². The van der Waals surface area contributed by atoms with E-state index in [1.165, 1.54) is 5.56 Å². The third-order valence-corrected chi connectivity index (χ3v) is 3.77. The van der Waals surface area contributed by atoms with Crippen molar-refractivity contribution < 1.29 is 5.11 Å². The highest BCUT2D eigenvalue weighted by molar-refractivity contribution is 5.15. The smallest absolute Gasteiger partial charge is 0.0704 e. The molecule has 0 spiro atoms. The molecule has 0 aliphatic heterocycles. The zero-order valence-electron chi connectivity index (χ0n) is 10.5. The number of hydrogen-bond donors (Lipinski definition) is 2. The van der Waals surface area contributed by atoms with E-state index in [1.54, 1.807) is 0 Å². The van der Waals surface area contributed by atoms with Crippen LogP contribution in [0.15, 0.2) is 18.3 Å². The molecule has 3 N–H and O–H groups in total. The summed E-state index contributed by atoms with van der Waals surface area (Å²) in [6, 6.07) is 4.40. The first-order valence-corrected chi connectivity index (χ1v) is 6.53. The van der Waals surface area contributed by atoms with Gasteiger partial charge in [-0.05, 0) is 43.7 Å². The highest BCUT2D eigenvalue weighted by atomic mass is 16.3. The lowest BCUT2D eigenvalue weighted by atomic mass is 9.79. The molecule has 0 bridgehead atoms. The molecule has 1 aliphatic rings. The lowest BCUT2D eigenvalue weighted by Gasteiger charge is -2.34. The molecule has 3 nitrogen and oxygen atoms in total. The van der Waals surface area contributed by atoms with Crippen molar-refractivity contribution in [3.05, 3.63) is 29.6 Å². The molecule has 1 aliphatic carbocycles. The van der Waals surface area contributed by atoms with E-state index in [4.69, 9.17) is 5.73 Å². The number of hydrogen-bond acceptors (Lipinski definition) is 3. The van der Waals surface area contributed by atoms with Gasteiger partial charge in [-0.2, -0.15) is 0 Å². The van der Waals surface area contributed by atoms with Gasteiger partial charge in [0.25, 0.3) is 0 Å². The van der Waals surface area contributed by atoms with Crippen LogP contribution in [0.5, 0.6) is 0 Å². The van der Waals surface area contributed by atoms with E-state index in [1.807, 2.05) is 12.3 Å². The third-order valence-electron chi connectivity index (χ3n) is 3.77. The summed E-state index contributed by atoms with van der Waals surface area (Å²) in [6.45, 7) is 2.12. The maximum Gasteiger partial charge on any atom is 0.0704 e. The molecule has 0 aromatic carbocycles. The molecule has 1 aromatic heterocycles. The second-order valence-electron chi connectivity index (χ2n) is 5.25.